The summed E-state index contributed by atoms with van der Waals surface area (Å²) >= 11 is 1.70. The number of nitrogens with two attached hydrogens (primary N) is 1. The quantitative estimate of drug-likeness (QED) is 0.855. The normalized spacial score (nSPS) is 12.2. The molecule has 1 heterocycles. The minimum Gasteiger partial charge on any atom is -0.480 e. The Morgan fingerprint density at radius 3 is 2.44 bits per heavy atom. The number of ether oxygens (including phenoxy) is 1. The van der Waals surface area contributed by atoms with Crippen LogP contribution in [0.1, 0.15) is 17.3 Å². The van der Waals surface area contributed by atoms with Crippen molar-refractivity contribution in [1.29, 1.82) is 0 Å². The highest BCUT2D eigenvalue weighted by Crippen LogP contribution is 2.25. The molecule has 0 aliphatic heterocycles. The first-order valence-electron chi connectivity index (χ1n) is 5.50. The molecule has 2 aromatic rings. The van der Waals surface area contributed by atoms with Crippen molar-refractivity contribution in [2.24, 2.45) is 5.73 Å². The zero-order chi connectivity index (χ0) is 13.0. The molecule has 0 aliphatic carbocycles. The molecule has 0 fully saturated rings. The maximum absolute atomic E-state index is 6.19. The number of thioether (sulfide) groups is 1. The third-order valence-electron chi connectivity index (χ3n) is 2.65. The molecule has 0 saturated heterocycles. The van der Waals surface area contributed by atoms with Gasteiger partial charge in [-0.25, -0.2) is 4.98 Å². The summed E-state index contributed by atoms with van der Waals surface area (Å²) < 4.78 is 5.18. The minimum atomic E-state index is -0.329. The van der Waals surface area contributed by atoms with Gasteiger partial charge in [0.1, 0.15) is 5.69 Å². The van der Waals surface area contributed by atoms with E-state index in [0.29, 0.717) is 11.6 Å². The molecular weight excluding hydrogens is 246 g/mol. The molecule has 1 aromatic heterocycles. The van der Waals surface area contributed by atoms with Gasteiger partial charge in [0, 0.05) is 17.3 Å². The van der Waals surface area contributed by atoms with Gasteiger partial charge in [0.05, 0.1) is 13.2 Å². The second-order valence-electron chi connectivity index (χ2n) is 3.70. The van der Waals surface area contributed by atoms with Crippen molar-refractivity contribution < 1.29 is 4.74 Å². The van der Waals surface area contributed by atoms with Gasteiger partial charge >= 0.3 is 0 Å². The van der Waals surface area contributed by atoms with Crippen molar-refractivity contribution in [2.45, 2.75) is 10.9 Å². The van der Waals surface area contributed by atoms with Gasteiger partial charge in [0.2, 0.25) is 5.88 Å². The molecular formula is C13H15N3OS. The molecule has 1 aromatic carbocycles. The van der Waals surface area contributed by atoms with Crippen LogP contribution in [0.5, 0.6) is 5.88 Å². The lowest BCUT2D eigenvalue weighted by molar-refractivity contribution is 0.387. The van der Waals surface area contributed by atoms with Crippen LogP contribution in [0, 0.1) is 0 Å². The molecule has 2 N–H and O–H groups in total. The average Bonchev–Trinajstić information content (AvgIpc) is 2.46. The Morgan fingerprint density at radius 2 is 1.83 bits per heavy atom. The largest absolute Gasteiger partial charge is 0.480 e. The van der Waals surface area contributed by atoms with Crippen molar-refractivity contribution >= 4 is 11.8 Å². The Morgan fingerprint density at radius 1 is 1.17 bits per heavy atom. The van der Waals surface area contributed by atoms with Crippen molar-refractivity contribution in [1.82, 2.24) is 9.97 Å². The lowest BCUT2D eigenvalue weighted by atomic mass is 10.0. The summed E-state index contributed by atoms with van der Waals surface area (Å²) in [5.41, 5.74) is 7.84. The van der Waals surface area contributed by atoms with Crippen LogP contribution in [-0.4, -0.2) is 23.3 Å². The molecule has 0 aliphatic rings. The molecule has 4 nitrogen and oxygen atoms in total. The fourth-order valence-corrected chi connectivity index (χ4v) is 2.08. The third-order valence-corrected chi connectivity index (χ3v) is 3.40. The lowest BCUT2D eigenvalue weighted by Gasteiger charge is -2.14. The van der Waals surface area contributed by atoms with Crippen molar-refractivity contribution in [3.05, 3.63) is 47.9 Å². The average molecular weight is 261 g/mol. The number of rotatable bonds is 4. The van der Waals surface area contributed by atoms with Crippen molar-refractivity contribution in [3.8, 4) is 5.88 Å². The lowest BCUT2D eigenvalue weighted by Crippen LogP contribution is -2.15. The van der Waals surface area contributed by atoms with Crippen LogP contribution in [0.2, 0.25) is 0 Å². The van der Waals surface area contributed by atoms with Gasteiger partial charge in [-0.2, -0.15) is 0 Å². The fourth-order valence-electron chi connectivity index (χ4n) is 1.68. The van der Waals surface area contributed by atoms with E-state index in [-0.39, 0.29) is 6.04 Å². The zero-order valence-electron chi connectivity index (χ0n) is 10.3. The Hall–Kier alpha value is -1.59. The molecule has 0 saturated carbocycles. The maximum Gasteiger partial charge on any atom is 0.237 e. The molecule has 1 atom stereocenters. The van der Waals surface area contributed by atoms with Gasteiger partial charge < -0.3 is 10.5 Å². The zero-order valence-corrected chi connectivity index (χ0v) is 11.1. The molecule has 5 heteroatoms. The highest BCUT2D eigenvalue weighted by Gasteiger charge is 2.16. The maximum atomic E-state index is 6.19. The van der Waals surface area contributed by atoms with Crippen LogP contribution in [-0.2, 0) is 0 Å². The molecule has 2 rings (SSSR count). The summed E-state index contributed by atoms with van der Waals surface area (Å²) in [7, 11) is 1.57. The van der Waals surface area contributed by atoms with E-state index in [9.17, 15) is 0 Å². The highest BCUT2D eigenvalue weighted by atomic mass is 32.2. The highest BCUT2D eigenvalue weighted by molar-refractivity contribution is 7.98. The second-order valence-corrected chi connectivity index (χ2v) is 4.58. The number of benzene rings is 1. The summed E-state index contributed by atoms with van der Waals surface area (Å²) in [6, 6.07) is 7.77. The van der Waals surface area contributed by atoms with Crippen LogP contribution in [0.3, 0.4) is 0 Å². The first-order chi connectivity index (χ1) is 8.76. The van der Waals surface area contributed by atoms with Crippen LogP contribution < -0.4 is 10.5 Å². The van der Waals surface area contributed by atoms with E-state index in [2.05, 4.69) is 9.97 Å². The Labute approximate surface area is 111 Å². The summed E-state index contributed by atoms with van der Waals surface area (Å²) in [6.07, 6.45) is 5.25. The smallest absolute Gasteiger partial charge is 0.237 e. The summed E-state index contributed by atoms with van der Waals surface area (Å²) in [4.78, 5) is 9.56. The molecule has 94 valence electrons. The summed E-state index contributed by atoms with van der Waals surface area (Å²) in [5.74, 6) is 0.471. The topological polar surface area (TPSA) is 61.0 Å². The summed E-state index contributed by atoms with van der Waals surface area (Å²) in [5, 5.41) is 0. The van der Waals surface area contributed by atoms with Gasteiger partial charge in [-0.1, -0.05) is 12.1 Å². The van der Waals surface area contributed by atoms with Crippen LogP contribution in [0.25, 0.3) is 0 Å². The fraction of sp³-hybridized carbons (Fsp3) is 0.231. The number of hydrogen-bond donors (Lipinski definition) is 1. The van der Waals surface area contributed by atoms with Crippen LogP contribution in [0.15, 0.2) is 41.6 Å². The van der Waals surface area contributed by atoms with E-state index in [1.54, 1.807) is 31.3 Å². The Balaban J connectivity index is 2.31. The third kappa shape index (κ3) is 2.63. The number of methoxy groups -OCH3 is 1. The molecule has 0 bridgehead atoms. The van der Waals surface area contributed by atoms with E-state index in [4.69, 9.17) is 10.5 Å². The van der Waals surface area contributed by atoms with Gasteiger partial charge in [-0.3, -0.25) is 4.98 Å². The van der Waals surface area contributed by atoms with Crippen molar-refractivity contribution in [3.63, 3.8) is 0 Å². The number of aromatic nitrogens is 2. The predicted molar refractivity (Wildman–Crippen MR) is 72.8 cm³/mol. The monoisotopic (exact) mass is 261 g/mol. The standard InChI is InChI=1S/C13H15N3OS/c1-17-13-12(15-7-8-16-13)11(14)9-3-5-10(18-2)6-4-9/h3-8,11H,14H2,1-2H3. The van der Waals surface area contributed by atoms with Gasteiger partial charge in [-0.15, -0.1) is 11.8 Å². The molecule has 18 heavy (non-hydrogen) atoms. The van der Waals surface area contributed by atoms with Crippen molar-refractivity contribution in [2.75, 3.05) is 13.4 Å². The number of nitrogens with zero attached hydrogens (tertiary/aromatic N) is 2. The van der Waals surface area contributed by atoms with Crippen LogP contribution >= 0.6 is 11.8 Å². The second kappa shape index (κ2) is 5.84. The van der Waals surface area contributed by atoms with E-state index < -0.39 is 0 Å². The first kappa shape index (κ1) is 12.9. The van der Waals surface area contributed by atoms with Gasteiger partial charge in [0.15, 0.2) is 0 Å². The van der Waals surface area contributed by atoms with E-state index in [1.165, 1.54) is 4.90 Å². The SMILES string of the molecule is COc1nccnc1C(N)c1ccc(SC)cc1. The Kier molecular flexibility index (Phi) is 4.17. The minimum absolute atomic E-state index is 0.329. The van der Waals surface area contributed by atoms with E-state index >= 15 is 0 Å². The van der Waals surface area contributed by atoms with E-state index in [1.807, 2.05) is 30.5 Å². The molecule has 0 amide bonds. The molecule has 0 spiro atoms. The predicted octanol–water partition coefficient (Wildman–Crippen LogP) is 2.26. The molecule has 0 radical (unpaired) electrons. The van der Waals surface area contributed by atoms with Crippen LogP contribution in [0.4, 0.5) is 0 Å². The van der Waals surface area contributed by atoms with Gasteiger partial charge in [0.25, 0.3) is 0 Å². The van der Waals surface area contributed by atoms with E-state index in [0.717, 1.165) is 5.56 Å². The first-order valence-corrected chi connectivity index (χ1v) is 6.73. The van der Waals surface area contributed by atoms with Gasteiger partial charge in [-0.05, 0) is 24.0 Å². The summed E-state index contributed by atoms with van der Waals surface area (Å²) in [6.45, 7) is 0. The Bertz CT molecular complexity index is 516. The molecule has 1 unspecified atom stereocenters. The number of hydrogen-bond acceptors (Lipinski definition) is 5.